The molecule has 0 unspecified atom stereocenters. The quantitative estimate of drug-likeness (QED) is 0.440. The normalized spacial score (nSPS) is 15.1. The lowest BCUT2D eigenvalue weighted by atomic mass is 10.0. The molecule has 1 amide bonds. The van der Waals surface area contributed by atoms with E-state index in [9.17, 15) is 14.9 Å². The summed E-state index contributed by atoms with van der Waals surface area (Å²) in [5.74, 6) is -0.162. The number of nitrogens with zero attached hydrogens (tertiary/aromatic N) is 2. The lowest BCUT2D eigenvalue weighted by Gasteiger charge is -2.32. The van der Waals surface area contributed by atoms with Crippen LogP contribution in [0.5, 0.6) is 5.75 Å². The maximum atomic E-state index is 12.7. The number of carbonyl (C=O) groups is 1. The van der Waals surface area contributed by atoms with Crippen LogP contribution in [0, 0.1) is 17.0 Å². The molecule has 29 heavy (non-hydrogen) atoms. The van der Waals surface area contributed by atoms with E-state index in [-0.39, 0.29) is 34.6 Å². The van der Waals surface area contributed by atoms with Crippen LogP contribution < -0.4 is 15.8 Å². The van der Waals surface area contributed by atoms with Crippen LogP contribution in [0.25, 0.3) is 0 Å². The van der Waals surface area contributed by atoms with Gasteiger partial charge in [0.15, 0.2) is 0 Å². The summed E-state index contributed by atoms with van der Waals surface area (Å²) >= 11 is 0. The van der Waals surface area contributed by atoms with Crippen molar-refractivity contribution in [3.05, 3.63) is 63.2 Å². The number of nitrogen functional groups attached to an aromatic ring is 1. The average Bonchev–Trinajstić information content (AvgIpc) is 2.69. The molecule has 1 heterocycles. The van der Waals surface area contributed by atoms with Crippen LogP contribution >= 0.6 is 0 Å². The summed E-state index contributed by atoms with van der Waals surface area (Å²) in [6, 6.07) is 11.0. The number of nitro groups is 1. The van der Waals surface area contributed by atoms with E-state index in [1.165, 1.54) is 30.4 Å². The topological polar surface area (TPSA) is 111 Å². The number of ether oxygens (including phenoxy) is 1. The third-order valence-corrected chi connectivity index (χ3v) is 5.20. The Bertz CT molecular complexity index is 908. The van der Waals surface area contributed by atoms with Gasteiger partial charge in [0.2, 0.25) is 0 Å². The molecule has 0 saturated carbocycles. The molecule has 2 aromatic carbocycles. The zero-order valence-corrected chi connectivity index (χ0v) is 16.7. The number of likely N-dealkylation sites (tertiary alicyclic amines) is 1. The fourth-order valence-electron chi connectivity index (χ4n) is 3.66. The molecule has 154 valence electrons. The third kappa shape index (κ3) is 5.03. The third-order valence-electron chi connectivity index (χ3n) is 5.20. The summed E-state index contributed by atoms with van der Waals surface area (Å²) in [6.45, 7) is 4.72. The van der Waals surface area contributed by atoms with Crippen LogP contribution in [0.2, 0.25) is 0 Å². The number of anilines is 1. The van der Waals surface area contributed by atoms with Gasteiger partial charge in [0.05, 0.1) is 17.6 Å². The Labute approximate surface area is 169 Å². The number of methoxy groups -OCH3 is 1. The van der Waals surface area contributed by atoms with E-state index in [1.54, 1.807) is 0 Å². The van der Waals surface area contributed by atoms with Crippen molar-refractivity contribution >= 4 is 17.3 Å². The molecule has 3 rings (SSSR count). The zero-order chi connectivity index (χ0) is 21.0. The molecule has 0 spiro atoms. The standard InChI is InChI=1S/C21H26N4O4/c1-14-4-3-5-15(10-14)13-24-8-6-16(7-9-24)23-21(26)17-11-19(25(27)28)18(22)12-20(17)29-2/h3-5,10-12,16H,6-9,13,22H2,1-2H3,(H,23,26). The minimum Gasteiger partial charge on any atom is -0.496 e. The van der Waals surface area contributed by atoms with Crippen molar-refractivity contribution in [1.82, 2.24) is 10.2 Å². The summed E-state index contributed by atoms with van der Waals surface area (Å²) in [6.07, 6.45) is 1.63. The molecular weight excluding hydrogens is 372 g/mol. The van der Waals surface area contributed by atoms with Crippen molar-refractivity contribution in [2.45, 2.75) is 32.4 Å². The van der Waals surface area contributed by atoms with Gasteiger partial charge in [-0.2, -0.15) is 0 Å². The van der Waals surface area contributed by atoms with Gasteiger partial charge in [0, 0.05) is 37.8 Å². The summed E-state index contributed by atoms with van der Waals surface area (Å²) in [7, 11) is 1.40. The van der Waals surface area contributed by atoms with Crippen LogP contribution in [-0.4, -0.2) is 42.0 Å². The van der Waals surface area contributed by atoms with Crippen LogP contribution in [0.1, 0.15) is 34.3 Å². The van der Waals surface area contributed by atoms with Gasteiger partial charge in [-0.3, -0.25) is 19.8 Å². The molecule has 0 radical (unpaired) electrons. The molecule has 0 bridgehead atoms. The number of piperidine rings is 1. The molecule has 3 N–H and O–H groups in total. The highest BCUT2D eigenvalue weighted by Gasteiger charge is 2.25. The van der Waals surface area contributed by atoms with Crippen molar-refractivity contribution in [1.29, 1.82) is 0 Å². The van der Waals surface area contributed by atoms with Gasteiger partial charge in [0.25, 0.3) is 11.6 Å². The number of amides is 1. The summed E-state index contributed by atoms with van der Waals surface area (Å²) in [5, 5.41) is 14.1. The van der Waals surface area contributed by atoms with Gasteiger partial charge in [-0.1, -0.05) is 29.8 Å². The van der Waals surface area contributed by atoms with E-state index in [4.69, 9.17) is 10.5 Å². The SMILES string of the molecule is COc1cc(N)c([N+](=O)[O-])cc1C(=O)NC1CCN(Cc2cccc(C)c2)CC1. The predicted molar refractivity (Wildman–Crippen MR) is 111 cm³/mol. The minimum atomic E-state index is -0.602. The first-order valence-corrected chi connectivity index (χ1v) is 9.58. The van der Waals surface area contributed by atoms with Gasteiger partial charge in [-0.25, -0.2) is 0 Å². The number of carbonyl (C=O) groups excluding carboxylic acids is 1. The summed E-state index contributed by atoms with van der Waals surface area (Å²) in [5.41, 5.74) is 7.99. The Balaban J connectivity index is 1.61. The number of benzene rings is 2. The maximum absolute atomic E-state index is 12.7. The van der Waals surface area contributed by atoms with Gasteiger partial charge >= 0.3 is 0 Å². The first-order valence-electron chi connectivity index (χ1n) is 9.58. The predicted octanol–water partition coefficient (Wildman–Crippen LogP) is 2.89. The summed E-state index contributed by atoms with van der Waals surface area (Å²) in [4.78, 5) is 25.6. The molecular formula is C21H26N4O4. The summed E-state index contributed by atoms with van der Waals surface area (Å²) < 4.78 is 5.19. The number of hydrogen-bond donors (Lipinski definition) is 2. The minimum absolute atomic E-state index is 0.0116. The van der Waals surface area contributed by atoms with Crippen LogP contribution in [0.3, 0.4) is 0 Å². The Hall–Kier alpha value is -3.13. The Morgan fingerprint density at radius 2 is 2.03 bits per heavy atom. The van der Waals surface area contributed by atoms with E-state index in [0.717, 1.165) is 32.5 Å². The van der Waals surface area contributed by atoms with Crippen LogP contribution in [0.15, 0.2) is 36.4 Å². The Morgan fingerprint density at radius 3 is 2.66 bits per heavy atom. The first kappa shape index (κ1) is 20.6. The molecule has 2 aromatic rings. The van der Waals surface area contributed by atoms with Crippen molar-refractivity contribution in [2.75, 3.05) is 25.9 Å². The largest absolute Gasteiger partial charge is 0.496 e. The molecule has 8 heteroatoms. The van der Waals surface area contributed by atoms with Crippen molar-refractivity contribution in [3.63, 3.8) is 0 Å². The molecule has 1 saturated heterocycles. The van der Waals surface area contributed by atoms with Crippen LogP contribution in [-0.2, 0) is 6.54 Å². The lowest BCUT2D eigenvalue weighted by molar-refractivity contribution is -0.383. The van der Waals surface area contributed by atoms with E-state index in [2.05, 4.69) is 41.4 Å². The molecule has 1 aliphatic rings. The maximum Gasteiger partial charge on any atom is 0.293 e. The molecule has 8 nitrogen and oxygen atoms in total. The van der Waals surface area contributed by atoms with Gasteiger partial charge in [0.1, 0.15) is 11.4 Å². The second-order valence-electron chi connectivity index (χ2n) is 7.38. The number of aryl methyl sites for hydroxylation is 1. The second kappa shape index (κ2) is 8.91. The lowest BCUT2D eigenvalue weighted by Crippen LogP contribution is -2.44. The number of nitrogens with two attached hydrogens (primary N) is 1. The van der Waals surface area contributed by atoms with Crippen LogP contribution in [0.4, 0.5) is 11.4 Å². The van der Waals surface area contributed by atoms with E-state index in [1.807, 2.05) is 0 Å². The van der Waals surface area contributed by atoms with E-state index >= 15 is 0 Å². The highest BCUT2D eigenvalue weighted by Crippen LogP contribution is 2.30. The average molecular weight is 398 g/mol. The zero-order valence-electron chi connectivity index (χ0n) is 16.7. The number of nitrogens with one attached hydrogen (secondary N) is 1. The van der Waals surface area contributed by atoms with Gasteiger partial charge in [-0.05, 0) is 25.3 Å². The number of rotatable bonds is 6. The van der Waals surface area contributed by atoms with Crippen molar-refractivity contribution in [2.24, 2.45) is 0 Å². The van der Waals surface area contributed by atoms with E-state index < -0.39 is 4.92 Å². The Morgan fingerprint density at radius 1 is 1.31 bits per heavy atom. The van der Waals surface area contributed by atoms with Gasteiger partial charge in [-0.15, -0.1) is 0 Å². The molecule has 1 aliphatic heterocycles. The van der Waals surface area contributed by atoms with Crippen molar-refractivity contribution in [3.8, 4) is 5.75 Å². The molecule has 0 aromatic heterocycles. The Kier molecular flexibility index (Phi) is 6.33. The van der Waals surface area contributed by atoms with E-state index in [0.29, 0.717) is 0 Å². The highest BCUT2D eigenvalue weighted by atomic mass is 16.6. The van der Waals surface area contributed by atoms with Gasteiger partial charge < -0.3 is 15.8 Å². The monoisotopic (exact) mass is 398 g/mol. The molecule has 0 atom stereocenters. The fourth-order valence-corrected chi connectivity index (χ4v) is 3.66. The smallest absolute Gasteiger partial charge is 0.293 e. The van der Waals surface area contributed by atoms with Crippen molar-refractivity contribution < 1.29 is 14.5 Å². The second-order valence-corrected chi connectivity index (χ2v) is 7.38. The first-order chi connectivity index (χ1) is 13.9. The highest BCUT2D eigenvalue weighted by molar-refractivity contribution is 5.98. The fraction of sp³-hybridized carbons (Fsp3) is 0.381. The molecule has 1 fully saturated rings. The molecule has 0 aliphatic carbocycles. The number of nitro benzene ring substituents is 1. The number of hydrogen-bond acceptors (Lipinski definition) is 6.